The van der Waals surface area contributed by atoms with Crippen molar-refractivity contribution in [2.45, 2.75) is 13.3 Å². The summed E-state index contributed by atoms with van der Waals surface area (Å²) >= 11 is 0. The van der Waals surface area contributed by atoms with E-state index in [1.54, 1.807) is 17.0 Å². The summed E-state index contributed by atoms with van der Waals surface area (Å²) in [6.07, 6.45) is 3.38. The largest absolute Gasteiger partial charge is 0.478 e. The molecule has 1 saturated heterocycles. The number of carboxylic acids is 1. The Morgan fingerprint density at radius 3 is 2.81 bits per heavy atom. The van der Waals surface area contributed by atoms with Crippen molar-refractivity contribution in [3.8, 4) is 0 Å². The normalized spacial score (nSPS) is 18.4. The highest BCUT2D eigenvalue weighted by Gasteiger charge is 2.26. The van der Waals surface area contributed by atoms with Crippen LogP contribution in [0, 0.1) is 12.8 Å². The molecule has 2 rings (SSSR count). The second kappa shape index (κ2) is 6.54. The quantitative estimate of drug-likeness (QED) is 0.824. The number of carbonyl (C=O) groups is 2. The molecule has 0 aromatic heterocycles. The number of likely N-dealkylation sites (tertiary alicyclic amines) is 1. The molecular formula is C16H19NO4. The zero-order chi connectivity index (χ0) is 15.4. The van der Waals surface area contributed by atoms with Crippen molar-refractivity contribution in [1.82, 2.24) is 4.90 Å². The molecule has 2 N–H and O–H groups in total. The van der Waals surface area contributed by atoms with Gasteiger partial charge in [-0.05, 0) is 42.7 Å². The van der Waals surface area contributed by atoms with Crippen LogP contribution in [0.4, 0.5) is 0 Å². The lowest BCUT2D eigenvalue weighted by Crippen LogP contribution is -2.29. The van der Waals surface area contributed by atoms with Gasteiger partial charge in [-0.2, -0.15) is 0 Å². The van der Waals surface area contributed by atoms with E-state index in [0.29, 0.717) is 18.7 Å². The predicted octanol–water partition coefficient (Wildman–Crippen LogP) is 1.55. The Bertz CT molecular complexity index is 580. The first-order chi connectivity index (χ1) is 10.0. The van der Waals surface area contributed by atoms with Crippen LogP contribution in [-0.4, -0.2) is 46.7 Å². The van der Waals surface area contributed by atoms with Gasteiger partial charge in [-0.25, -0.2) is 4.79 Å². The number of carbonyl (C=O) groups excluding carboxylic acids is 1. The van der Waals surface area contributed by atoms with E-state index in [0.717, 1.165) is 23.6 Å². The van der Waals surface area contributed by atoms with Crippen molar-refractivity contribution in [1.29, 1.82) is 0 Å². The number of carboxylic acid groups (broad SMARTS) is 1. The minimum atomic E-state index is -1.02. The average molecular weight is 289 g/mol. The third-order valence-electron chi connectivity index (χ3n) is 3.76. The molecule has 1 unspecified atom stereocenters. The van der Waals surface area contributed by atoms with E-state index in [1.807, 2.05) is 13.0 Å². The molecular weight excluding hydrogens is 270 g/mol. The monoisotopic (exact) mass is 289 g/mol. The number of hydrogen-bond donors (Lipinski definition) is 2. The number of benzene rings is 1. The summed E-state index contributed by atoms with van der Waals surface area (Å²) in [6.45, 7) is 3.19. The van der Waals surface area contributed by atoms with Gasteiger partial charge in [0.25, 0.3) is 5.91 Å². The second-order valence-electron chi connectivity index (χ2n) is 5.33. The molecule has 112 valence electrons. The molecule has 1 aromatic rings. The molecule has 1 aliphatic heterocycles. The molecule has 5 nitrogen and oxygen atoms in total. The molecule has 1 aromatic carbocycles. The van der Waals surface area contributed by atoms with E-state index in [1.165, 1.54) is 6.08 Å². The third-order valence-corrected chi connectivity index (χ3v) is 3.76. The lowest BCUT2D eigenvalue weighted by atomic mass is 10.0. The molecule has 1 amide bonds. The highest BCUT2D eigenvalue weighted by atomic mass is 16.4. The van der Waals surface area contributed by atoms with Gasteiger partial charge in [-0.3, -0.25) is 4.79 Å². The van der Waals surface area contributed by atoms with Crippen LogP contribution >= 0.6 is 0 Å². The fourth-order valence-corrected chi connectivity index (χ4v) is 2.46. The van der Waals surface area contributed by atoms with Gasteiger partial charge >= 0.3 is 5.97 Å². The lowest BCUT2D eigenvalue weighted by molar-refractivity contribution is -0.131. The smallest absolute Gasteiger partial charge is 0.328 e. The Kier molecular flexibility index (Phi) is 4.75. The van der Waals surface area contributed by atoms with Gasteiger partial charge in [-0.1, -0.05) is 6.07 Å². The summed E-state index contributed by atoms with van der Waals surface area (Å²) in [7, 11) is 0. The Hall–Kier alpha value is -2.14. The summed E-state index contributed by atoms with van der Waals surface area (Å²) in [5, 5.41) is 17.8. The molecule has 0 bridgehead atoms. The van der Waals surface area contributed by atoms with Crippen molar-refractivity contribution in [2.24, 2.45) is 5.92 Å². The van der Waals surface area contributed by atoms with Crippen LogP contribution in [0.3, 0.4) is 0 Å². The third kappa shape index (κ3) is 3.70. The zero-order valence-corrected chi connectivity index (χ0v) is 12.0. The van der Waals surface area contributed by atoms with E-state index in [9.17, 15) is 9.59 Å². The summed E-state index contributed by atoms with van der Waals surface area (Å²) in [5.74, 6) is -0.932. The molecule has 5 heteroatoms. The van der Waals surface area contributed by atoms with Crippen LogP contribution in [0.2, 0.25) is 0 Å². The molecule has 1 heterocycles. The molecule has 1 fully saturated rings. The zero-order valence-electron chi connectivity index (χ0n) is 12.0. The van der Waals surface area contributed by atoms with Gasteiger partial charge in [0, 0.05) is 37.3 Å². The van der Waals surface area contributed by atoms with Gasteiger partial charge in [-0.15, -0.1) is 0 Å². The van der Waals surface area contributed by atoms with Crippen molar-refractivity contribution < 1.29 is 19.8 Å². The summed E-state index contributed by atoms with van der Waals surface area (Å²) in [4.78, 5) is 24.7. The van der Waals surface area contributed by atoms with Crippen molar-refractivity contribution in [3.05, 3.63) is 41.0 Å². The van der Waals surface area contributed by atoms with Gasteiger partial charge < -0.3 is 15.1 Å². The first kappa shape index (κ1) is 15.3. The van der Waals surface area contributed by atoms with Gasteiger partial charge in [0.2, 0.25) is 0 Å². The van der Waals surface area contributed by atoms with E-state index < -0.39 is 5.97 Å². The van der Waals surface area contributed by atoms with E-state index in [4.69, 9.17) is 10.2 Å². The fourth-order valence-electron chi connectivity index (χ4n) is 2.46. The Morgan fingerprint density at radius 1 is 1.43 bits per heavy atom. The maximum atomic E-state index is 12.4. The highest BCUT2D eigenvalue weighted by Crippen LogP contribution is 2.20. The number of amides is 1. The SMILES string of the molecule is Cc1ccc(C(=O)N2CCC(CO)C2)cc1/C=C/C(=O)O. The fraction of sp³-hybridized carbons (Fsp3) is 0.375. The number of aliphatic hydroxyl groups is 1. The first-order valence-corrected chi connectivity index (χ1v) is 6.93. The van der Waals surface area contributed by atoms with Gasteiger partial charge in [0.05, 0.1) is 0 Å². The van der Waals surface area contributed by atoms with E-state index in [-0.39, 0.29) is 18.4 Å². The predicted molar refractivity (Wildman–Crippen MR) is 78.9 cm³/mol. The van der Waals surface area contributed by atoms with Crippen molar-refractivity contribution >= 4 is 18.0 Å². The number of aliphatic hydroxyl groups excluding tert-OH is 1. The second-order valence-corrected chi connectivity index (χ2v) is 5.33. The standard InChI is InChI=1S/C16H19NO4/c1-11-2-3-14(8-13(11)4-5-15(19)20)16(21)17-7-6-12(9-17)10-18/h2-5,8,12,18H,6-7,9-10H2,1H3,(H,19,20)/b5-4+. The number of aliphatic carboxylic acids is 1. The highest BCUT2D eigenvalue weighted by molar-refractivity contribution is 5.95. The molecule has 21 heavy (non-hydrogen) atoms. The number of rotatable bonds is 4. The molecule has 0 aliphatic carbocycles. The maximum absolute atomic E-state index is 12.4. The van der Waals surface area contributed by atoms with E-state index >= 15 is 0 Å². The Morgan fingerprint density at radius 2 is 2.19 bits per heavy atom. The summed E-state index contributed by atoms with van der Waals surface area (Å²) < 4.78 is 0. The Balaban J connectivity index is 2.18. The molecule has 0 saturated carbocycles. The van der Waals surface area contributed by atoms with Gasteiger partial charge in [0.1, 0.15) is 0 Å². The molecule has 0 spiro atoms. The maximum Gasteiger partial charge on any atom is 0.328 e. The van der Waals surface area contributed by atoms with Crippen LogP contribution in [-0.2, 0) is 4.79 Å². The van der Waals surface area contributed by atoms with Crippen LogP contribution < -0.4 is 0 Å². The van der Waals surface area contributed by atoms with Crippen molar-refractivity contribution in [3.63, 3.8) is 0 Å². The minimum Gasteiger partial charge on any atom is -0.478 e. The first-order valence-electron chi connectivity index (χ1n) is 6.93. The number of nitrogens with zero attached hydrogens (tertiary/aromatic N) is 1. The topological polar surface area (TPSA) is 77.8 Å². The summed E-state index contributed by atoms with van der Waals surface area (Å²) in [6, 6.07) is 5.28. The van der Waals surface area contributed by atoms with Crippen LogP contribution in [0.15, 0.2) is 24.3 Å². The summed E-state index contributed by atoms with van der Waals surface area (Å²) in [5.41, 5.74) is 2.18. The van der Waals surface area contributed by atoms with E-state index in [2.05, 4.69) is 0 Å². The van der Waals surface area contributed by atoms with Crippen LogP contribution in [0.5, 0.6) is 0 Å². The van der Waals surface area contributed by atoms with Crippen LogP contribution in [0.25, 0.3) is 6.08 Å². The lowest BCUT2D eigenvalue weighted by Gasteiger charge is -2.17. The number of hydrogen-bond acceptors (Lipinski definition) is 3. The molecule has 0 radical (unpaired) electrons. The Labute approximate surface area is 123 Å². The van der Waals surface area contributed by atoms with Gasteiger partial charge in [0.15, 0.2) is 0 Å². The average Bonchev–Trinajstić information content (AvgIpc) is 2.94. The van der Waals surface area contributed by atoms with Crippen LogP contribution in [0.1, 0.15) is 27.9 Å². The number of aryl methyl sites for hydroxylation is 1. The molecule has 1 aliphatic rings. The molecule has 1 atom stereocenters. The van der Waals surface area contributed by atoms with Crippen molar-refractivity contribution in [2.75, 3.05) is 19.7 Å². The minimum absolute atomic E-state index is 0.0732.